The van der Waals surface area contributed by atoms with E-state index in [0.717, 1.165) is 21.5 Å². The summed E-state index contributed by atoms with van der Waals surface area (Å²) in [6.07, 6.45) is 1.69. The summed E-state index contributed by atoms with van der Waals surface area (Å²) in [7, 11) is 0. The summed E-state index contributed by atoms with van der Waals surface area (Å²) in [5, 5.41) is 10.4. The molecule has 0 radical (unpaired) electrons. The van der Waals surface area contributed by atoms with Crippen LogP contribution in [-0.4, -0.2) is 4.98 Å². The van der Waals surface area contributed by atoms with Gasteiger partial charge in [-0.3, -0.25) is 0 Å². The van der Waals surface area contributed by atoms with Crippen molar-refractivity contribution < 1.29 is 0 Å². The highest BCUT2D eigenvalue weighted by atomic mass is 35.5. The molecule has 0 saturated heterocycles. The van der Waals surface area contributed by atoms with Crippen LogP contribution >= 0.6 is 11.6 Å². The first kappa shape index (κ1) is 8.15. The topological polar surface area (TPSA) is 39.6 Å². The fourth-order valence-electron chi connectivity index (χ4n) is 1.34. The van der Waals surface area contributed by atoms with Crippen molar-refractivity contribution in [1.82, 2.24) is 4.98 Å². The summed E-state index contributed by atoms with van der Waals surface area (Å²) < 4.78 is 0. The number of aryl methyl sites for hydroxylation is 1. The van der Waals surface area contributed by atoms with Crippen LogP contribution < -0.4 is 0 Å². The van der Waals surface area contributed by atoms with E-state index in [-0.39, 0.29) is 0 Å². The molecule has 64 valence electrons. The largest absolute Gasteiger partial charge is 0.360 e. The first-order valence-electron chi connectivity index (χ1n) is 3.89. The van der Waals surface area contributed by atoms with Crippen LogP contribution in [0.1, 0.15) is 11.1 Å². The van der Waals surface area contributed by atoms with E-state index in [9.17, 15) is 0 Å². The second kappa shape index (κ2) is 2.79. The van der Waals surface area contributed by atoms with Crippen molar-refractivity contribution in [2.24, 2.45) is 0 Å². The van der Waals surface area contributed by atoms with Crippen molar-refractivity contribution in [1.29, 1.82) is 5.26 Å². The number of benzene rings is 1. The first-order valence-corrected chi connectivity index (χ1v) is 4.27. The molecule has 3 heteroatoms. The van der Waals surface area contributed by atoms with Crippen LogP contribution in [0.25, 0.3) is 10.9 Å². The van der Waals surface area contributed by atoms with Gasteiger partial charge in [-0.1, -0.05) is 11.6 Å². The minimum Gasteiger partial charge on any atom is -0.360 e. The Bertz CT molecular complexity index is 505. The van der Waals surface area contributed by atoms with Gasteiger partial charge < -0.3 is 4.98 Å². The van der Waals surface area contributed by atoms with Gasteiger partial charge in [0, 0.05) is 22.1 Å². The minimum atomic E-state index is 0.662. The minimum absolute atomic E-state index is 0.662. The van der Waals surface area contributed by atoms with Crippen molar-refractivity contribution in [3.05, 3.63) is 34.5 Å². The molecule has 13 heavy (non-hydrogen) atoms. The molecule has 2 aromatic rings. The standard InChI is InChI=1S/C10H7ClN2/c1-6-2-8-7(4-12)5-13-10(8)3-9(6)11/h2-3,5,13H,1H3. The predicted molar refractivity (Wildman–Crippen MR) is 52.8 cm³/mol. The number of hydrogen-bond acceptors (Lipinski definition) is 1. The maximum atomic E-state index is 8.78. The molecule has 1 heterocycles. The Balaban J connectivity index is 2.86. The van der Waals surface area contributed by atoms with Gasteiger partial charge in [-0.2, -0.15) is 5.26 Å². The normalized spacial score (nSPS) is 10.2. The van der Waals surface area contributed by atoms with E-state index in [4.69, 9.17) is 16.9 Å². The molecule has 1 aromatic carbocycles. The van der Waals surface area contributed by atoms with Gasteiger partial charge in [0.2, 0.25) is 0 Å². The Kier molecular flexibility index (Phi) is 1.75. The monoisotopic (exact) mass is 190 g/mol. The van der Waals surface area contributed by atoms with Gasteiger partial charge in [-0.05, 0) is 24.6 Å². The number of nitrogens with zero attached hydrogens (tertiary/aromatic N) is 1. The smallest absolute Gasteiger partial charge is 0.101 e. The van der Waals surface area contributed by atoms with Crippen molar-refractivity contribution >= 4 is 22.5 Å². The van der Waals surface area contributed by atoms with Gasteiger partial charge in [-0.25, -0.2) is 0 Å². The Morgan fingerprint density at radius 1 is 1.46 bits per heavy atom. The zero-order valence-electron chi connectivity index (χ0n) is 7.06. The molecule has 0 amide bonds. The molecule has 0 aliphatic carbocycles. The Hall–Kier alpha value is -1.46. The molecule has 2 nitrogen and oxygen atoms in total. The molecule has 0 spiro atoms. The molecular formula is C10H7ClN2. The molecule has 0 aliphatic rings. The number of nitrogens with one attached hydrogen (secondary N) is 1. The summed E-state index contributed by atoms with van der Waals surface area (Å²) >= 11 is 5.94. The van der Waals surface area contributed by atoms with E-state index < -0.39 is 0 Å². The Morgan fingerprint density at radius 2 is 2.23 bits per heavy atom. The third kappa shape index (κ3) is 1.18. The maximum absolute atomic E-state index is 8.78. The van der Waals surface area contributed by atoms with E-state index in [0.29, 0.717) is 5.56 Å². The maximum Gasteiger partial charge on any atom is 0.101 e. The lowest BCUT2D eigenvalue weighted by Gasteiger charge is -1.97. The molecular weight excluding hydrogens is 184 g/mol. The SMILES string of the molecule is Cc1cc2c(C#N)c[nH]c2cc1Cl. The number of halogens is 1. The van der Waals surface area contributed by atoms with Crippen LogP contribution in [0, 0.1) is 18.3 Å². The van der Waals surface area contributed by atoms with Crippen LogP contribution in [-0.2, 0) is 0 Å². The quantitative estimate of drug-likeness (QED) is 0.682. The highest BCUT2D eigenvalue weighted by Crippen LogP contribution is 2.24. The van der Waals surface area contributed by atoms with Gasteiger partial charge in [0.05, 0.1) is 5.56 Å². The molecule has 0 atom stereocenters. The average molecular weight is 191 g/mol. The Morgan fingerprint density at radius 3 is 2.92 bits per heavy atom. The van der Waals surface area contributed by atoms with Gasteiger partial charge in [-0.15, -0.1) is 0 Å². The van der Waals surface area contributed by atoms with E-state index in [1.165, 1.54) is 0 Å². The first-order chi connectivity index (χ1) is 6.22. The highest BCUT2D eigenvalue weighted by molar-refractivity contribution is 6.32. The van der Waals surface area contributed by atoms with Gasteiger partial charge in [0.15, 0.2) is 0 Å². The molecule has 1 aromatic heterocycles. The van der Waals surface area contributed by atoms with Gasteiger partial charge in [0.25, 0.3) is 0 Å². The third-order valence-electron chi connectivity index (χ3n) is 2.08. The van der Waals surface area contributed by atoms with Crippen molar-refractivity contribution in [2.45, 2.75) is 6.92 Å². The molecule has 0 aliphatic heterocycles. The number of aromatic amines is 1. The lowest BCUT2D eigenvalue weighted by Crippen LogP contribution is -1.76. The van der Waals surface area contributed by atoms with E-state index in [2.05, 4.69) is 11.1 Å². The van der Waals surface area contributed by atoms with Crippen molar-refractivity contribution in [3.8, 4) is 6.07 Å². The summed E-state index contributed by atoms with van der Waals surface area (Å²) in [6, 6.07) is 5.89. The predicted octanol–water partition coefficient (Wildman–Crippen LogP) is 3.00. The molecule has 0 fully saturated rings. The molecule has 0 saturated carbocycles. The van der Waals surface area contributed by atoms with Crippen LogP contribution in [0.5, 0.6) is 0 Å². The fourth-order valence-corrected chi connectivity index (χ4v) is 1.51. The van der Waals surface area contributed by atoms with Crippen LogP contribution in [0.4, 0.5) is 0 Å². The van der Waals surface area contributed by atoms with E-state index in [1.54, 1.807) is 6.20 Å². The number of fused-ring (bicyclic) bond motifs is 1. The van der Waals surface area contributed by atoms with E-state index >= 15 is 0 Å². The van der Waals surface area contributed by atoms with Gasteiger partial charge in [0.1, 0.15) is 6.07 Å². The number of aromatic nitrogens is 1. The molecule has 1 N–H and O–H groups in total. The average Bonchev–Trinajstić information content (AvgIpc) is 2.48. The second-order valence-electron chi connectivity index (χ2n) is 2.96. The van der Waals surface area contributed by atoms with Crippen molar-refractivity contribution in [2.75, 3.05) is 0 Å². The van der Waals surface area contributed by atoms with E-state index in [1.807, 2.05) is 19.1 Å². The number of hydrogen-bond donors (Lipinski definition) is 1. The number of rotatable bonds is 0. The zero-order valence-corrected chi connectivity index (χ0v) is 7.81. The highest BCUT2D eigenvalue weighted by Gasteiger charge is 2.04. The lowest BCUT2D eigenvalue weighted by molar-refractivity contribution is 1.44. The fraction of sp³-hybridized carbons (Fsp3) is 0.100. The summed E-state index contributed by atoms with van der Waals surface area (Å²) in [6.45, 7) is 1.93. The van der Waals surface area contributed by atoms with Crippen LogP contribution in [0.3, 0.4) is 0 Å². The number of nitriles is 1. The van der Waals surface area contributed by atoms with Crippen LogP contribution in [0.2, 0.25) is 5.02 Å². The summed E-state index contributed by atoms with van der Waals surface area (Å²) in [5.41, 5.74) is 2.56. The molecule has 0 bridgehead atoms. The zero-order chi connectivity index (χ0) is 9.42. The Labute approximate surface area is 80.7 Å². The summed E-state index contributed by atoms with van der Waals surface area (Å²) in [4.78, 5) is 3.00. The molecule has 2 rings (SSSR count). The van der Waals surface area contributed by atoms with Gasteiger partial charge >= 0.3 is 0 Å². The molecule has 0 unspecified atom stereocenters. The third-order valence-corrected chi connectivity index (χ3v) is 2.49. The van der Waals surface area contributed by atoms with Crippen molar-refractivity contribution in [3.63, 3.8) is 0 Å². The number of H-pyrrole nitrogens is 1. The summed E-state index contributed by atoms with van der Waals surface area (Å²) in [5.74, 6) is 0. The van der Waals surface area contributed by atoms with Crippen LogP contribution in [0.15, 0.2) is 18.3 Å². The second-order valence-corrected chi connectivity index (χ2v) is 3.37. The lowest BCUT2D eigenvalue weighted by atomic mass is 10.1.